The lowest BCUT2D eigenvalue weighted by atomic mass is 9.87. The van der Waals surface area contributed by atoms with Crippen molar-refractivity contribution < 1.29 is 9.90 Å². The zero-order valence-corrected chi connectivity index (χ0v) is 15.1. The maximum Gasteiger partial charge on any atom is 0.258 e. The summed E-state index contributed by atoms with van der Waals surface area (Å²) in [5.74, 6) is 0.577. The van der Waals surface area contributed by atoms with Gasteiger partial charge in [0.25, 0.3) is 5.56 Å². The van der Waals surface area contributed by atoms with Gasteiger partial charge in [-0.3, -0.25) is 9.59 Å². The van der Waals surface area contributed by atoms with Crippen molar-refractivity contribution in [3.05, 3.63) is 40.4 Å². The molecule has 0 fully saturated rings. The molecule has 1 amide bonds. The van der Waals surface area contributed by atoms with Gasteiger partial charge in [0, 0.05) is 19.4 Å². The molecule has 2 rings (SSSR count). The van der Waals surface area contributed by atoms with Crippen LogP contribution in [0.1, 0.15) is 45.9 Å². The summed E-state index contributed by atoms with van der Waals surface area (Å²) in [6.07, 6.45) is 1.79. The number of aromatic nitrogens is 2. The second-order valence-electron chi connectivity index (χ2n) is 7.38. The molecule has 6 heteroatoms. The summed E-state index contributed by atoms with van der Waals surface area (Å²) in [5, 5.41) is 13.0. The van der Waals surface area contributed by atoms with E-state index in [2.05, 4.69) is 15.3 Å². The minimum absolute atomic E-state index is 0.0261. The van der Waals surface area contributed by atoms with Crippen LogP contribution >= 0.6 is 0 Å². The highest BCUT2D eigenvalue weighted by Crippen LogP contribution is 2.21. The van der Waals surface area contributed by atoms with Crippen LogP contribution in [0.4, 0.5) is 0 Å². The first-order valence-corrected chi connectivity index (χ1v) is 8.69. The number of amides is 1. The smallest absolute Gasteiger partial charge is 0.258 e. The van der Waals surface area contributed by atoms with E-state index in [1.54, 1.807) is 13.0 Å². The molecular weight excluding hydrogens is 318 g/mol. The first-order chi connectivity index (χ1) is 11.8. The number of carbonyl (C=O) groups is 1. The van der Waals surface area contributed by atoms with Crippen LogP contribution in [-0.2, 0) is 11.2 Å². The van der Waals surface area contributed by atoms with Crippen LogP contribution in [0.15, 0.2) is 29.1 Å². The second kappa shape index (κ2) is 8.25. The second-order valence-corrected chi connectivity index (χ2v) is 7.38. The van der Waals surface area contributed by atoms with Gasteiger partial charge in [-0.05, 0) is 37.3 Å². The largest absolute Gasteiger partial charge is 0.393 e. The molecule has 1 aromatic carbocycles. The molecule has 0 saturated heterocycles. The number of nitrogens with one attached hydrogen (secondary N) is 2. The predicted octanol–water partition coefficient (Wildman–Crippen LogP) is 2.16. The lowest BCUT2D eigenvalue weighted by Crippen LogP contribution is -2.35. The summed E-state index contributed by atoms with van der Waals surface area (Å²) in [6.45, 7) is 6.32. The van der Waals surface area contributed by atoms with Crippen LogP contribution in [0.2, 0.25) is 0 Å². The van der Waals surface area contributed by atoms with Gasteiger partial charge in [-0.1, -0.05) is 26.0 Å². The Morgan fingerprint density at radius 1 is 1.36 bits per heavy atom. The number of hydrogen-bond donors (Lipinski definition) is 3. The average Bonchev–Trinajstić information content (AvgIpc) is 2.52. The number of fused-ring (bicyclic) bond motifs is 1. The topological polar surface area (TPSA) is 95.1 Å². The number of hydrogen-bond acceptors (Lipinski definition) is 4. The van der Waals surface area contributed by atoms with E-state index in [1.807, 2.05) is 32.0 Å². The minimum Gasteiger partial charge on any atom is -0.393 e. The van der Waals surface area contributed by atoms with E-state index in [0.29, 0.717) is 49.0 Å². The Morgan fingerprint density at radius 2 is 2.08 bits per heavy atom. The average molecular weight is 345 g/mol. The predicted molar refractivity (Wildman–Crippen MR) is 98.4 cm³/mol. The van der Waals surface area contributed by atoms with E-state index < -0.39 is 0 Å². The molecule has 1 atom stereocenters. The molecule has 136 valence electrons. The zero-order valence-electron chi connectivity index (χ0n) is 15.1. The molecular formula is C19H27N3O3. The van der Waals surface area contributed by atoms with Crippen molar-refractivity contribution >= 4 is 16.8 Å². The molecule has 2 aromatic rings. The molecule has 1 heterocycles. The van der Waals surface area contributed by atoms with Gasteiger partial charge in [-0.25, -0.2) is 4.98 Å². The first-order valence-electron chi connectivity index (χ1n) is 8.69. The van der Waals surface area contributed by atoms with Crippen LogP contribution in [0.25, 0.3) is 10.9 Å². The van der Waals surface area contributed by atoms with Crippen LogP contribution in [-0.4, -0.2) is 33.6 Å². The molecule has 0 aliphatic heterocycles. The molecule has 0 aliphatic carbocycles. The number of rotatable bonds is 8. The minimum atomic E-state index is -0.386. The normalized spacial score (nSPS) is 13.0. The highest BCUT2D eigenvalue weighted by molar-refractivity contribution is 5.77. The zero-order chi connectivity index (χ0) is 18.4. The number of aromatic amines is 1. The summed E-state index contributed by atoms with van der Waals surface area (Å²) in [6, 6.07) is 7.21. The van der Waals surface area contributed by atoms with Crippen LogP contribution < -0.4 is 10.9 Å². The molecule has 1 aromatic heterocycles. The van der Waals surface area contributed by atoms with Crippen molar-refractivity contribution in [1.29, 1.82) is 0 Å². The summed E-state index contributed by atoms with van der Waals surface area (Å²) in [5.41, 5.74) is 0.380. The van der Waals surface area contributed by atoms with Crippen molar-refractivity contribution in [3.63, 3.8) is 0 Å². The third kappa shape index (κ3) is 5.98. The summed E-state index contributed by atoms with van der Waals surface area (Å²) < 4.78 is 0. The Balaban J connectivity index is 1.82. The number of nitrogens with zero attached hydrogens (tertiary/aromatic N) is 1. The quantitative estimate of drug-likeness (QED) is 0.683. The SMILES string of the molecule is CC(O)CC(C)(C)CNC(=O)CCCc1nc2ccccc2c(=O)[nH]1. The third-order valence-corrected chi connectivity index (χ3v) is 4.09. The van der Waals surface area contributed by atoms with Gasteiger partial charge in [0.1, 0.15) is 5.82 Å². The standard InChI is InChI=1S/C19H27N3O3/c1-13(23)11-19(2,3)12-20-17(24)10-6-9-16-21-15-8-5-4-7-14(15)18(25)22-16/h4-5,7-8,13,23H,6,9-12H2,1-3H3,(H,20,24)(H,21,22,25). The van der Waals surface area contributed by atoms with Gasteiger partial charge in [0.15, 0.2) is 0 Å². The van der Waals surface area contributed by atoms with Crippen molar-refractivity contribution in [2.24, 2.45) is 5.41 Å². The number of aliphatic hydroxyl groups is 1. The summed E-state index contributed by atoms with van der Waals surface area (Å²) >= 11 is 0. The monoisotopic (exact) mass is 345 g/mol. The van der Waals surface area contributed by atoms with Gasteiger partial charge in [0.2, 0.25) is 5.91 Å². The Kier molecular flexibility index (Phi) is 6.31. The van der Waals surface area contributed by atoms with E-state index in [0.717, 1.165) is 0 Å². The van der Waals surface area contributed by atoms with E-state index in [1.165, 1.54) is 0 Å². The fourth-order valence-corrected chi connectivity index (χ4v) is 2.97. The van der Waals surface area contributed by atoms with Gasteiger partial charge >= 0.3 is 0 Å². The van der Waals surface area contributed by atoms with E-state index in [4.69, 9.17) is 0 Å². The number of para-hydroxylation sites is 1. The number of aryl methyl sites for hydroxylation is 1. The maximum absolute atomic E-state index is 12.0. The summed E-state index contributed by atoms with van der Waals surface area (Å²) in [4.78, 5) is 31.2. The van der Waals surface area contributed by atoms with Crippen molar-refractivity contribution in [2.75, 3.05) is 6.54 Å². The number of H-pyrrole nitrogens is 1. The third-order valence-electron chi connectivity index (χ3n) is 4.09. The van der Waals surface area contributed by atoms with Crippen LogP contribution in [0.3, 0.4) is 0 Å². The molecule has 1 unspecified atom stereocenters. The summed E-state index contributed by atoms with van der Waals surface area (Å²) in [7, 11) is 0. The molecule has 0 saturated carbocycles. The van der Waals surface area contributed by atoms with Gasteiger partial charge < -0.3 is 15.4 Å². The van der Waals surface area contributed by atoms with Crippen LogP contribution in [0, 0.1) is 5.41 Å². The molecule has 6 nitrogen and oxygen atoms in total. The highest BCUT2D eigenvalue weighted by atomic mass is 16.3. The number of carbonyl (C=O) groups excluding carboxylic acids is 1. The first kappa shape index (κ1) is 19.1. The molecule has 0 bridgehead atoms. The fraction of sp³-hybridized carbons (Fsp3) is 0.526. The Bertz CT molecular complexity index is 781. The van der Waals surface area contributed by atoms with E-state index in [9.17, 15) is 14.7 Å². The molecule has 0 aliphatic rings. The van der Waals surface area contributed by atoms with Crippen molar-refractivity contribution in [1.82, 2.24) is 15.3 Å². The van der Waals surface area contributed by atoms with E-state index in [-0.39, 0.29) is 23.0 Å². The highest BCUT2D eigenvalue weighted by Gasteiger charge is 2.20. The Labute approximate surface area is 147 Å². The van der Waals surface area contributed by atoms with Crippen molar-refractivity contribution in [2.45, 2.75) is 52.6 Å². The van der Waals surface area contributed by atoms with Gasteiger partial charge in [-0.2, -0.15) is 0 Å². The Hall–Kier alpha value is -2.21. The number of aliphatic hydroxyl groups excluding tert-OH is 1. The van der Waals surface area contributed by atoms with Crippen molar-refractivity contribution in [3.8, 4) is 0 Å². The van der Waals surface area contributed by atoms with E-state index >= 15 is 0 Å². The molecule has 3 N–H and O–H groups in total. The van der Waals surface area contributed by atoms with Crippen LogP contribution in [0.5, 0.6) is 0 Å². The lowest BCUT2D eigenvalue weighted by Gasteiger charge is -2.26. The fourth-order valence-electron chi connectivity index (χ4n) is 2.97. The van der Waals surface area contributed by atoms with Gasteiger partial charge in [-0.15, -0.1) is 0 Å². The van der Waals surface area contributed by atoms with Gasteiger partial charge in [0.05, 0.1) is 17.0 Å². The number of benzene rings is 1. The maximum atomic E-state index is 12.0. The molecule has 0 radical (unpaired) electrons. The molecule has 25 heavy (non-hydrogen) atoms. The Morgan fingerprint density at radius 3 is 2.80 bits per heavy atom. The lowest BCUT2D eigenvalue weighted by molar-refractivity contribution is -0.121. The molecule has 0 spiro atoms.